The van der Waals surface area contributed by atoms with E-state index in [0.29, 0.717) is 11.1 Å². The summed E-state index contributed by atoms with van der Waals surface area (Å²) in [6.45, 7) is 0.253. The number of carbonyl (C=O) groups excluding carboxylic acids is 1. The molecule has 0 aliphatic carbocycles. The van der Waals surface area contributed by atoms with Gasteiger partial charge < -0.3 is 5.32 Å². The molecule has 2 aromatic carbocycles. The third-order valence-corrected chi connectivity index (χ3v) is 5.41. The van der Waals surface area contributed by atoms with Gasteiger partial charge in [0.15, 0.2) is 0 Å². The van der Waals surface area contributed by atoms with E-state index >= 15 is 0 Å². The van der Waals surface area contributed by atoms with Crippen LogP contribution in [0.3, 0.4) is 0 Å². The molecule has 0 bridgehead atoms. The fourth-order valence-electron chi connectivity index (χ4n) is 2.24. The molecule has 0 aliphatic heterocycles. The van der Waals surface area contributed by atoms with Crippen molar-refractivity contribution in [2.24, 2.45) is 0 Å². The summed E-state index contributed by atoms with van der Waals surface area (Å²) in [7, 11) is -1.98. The van der Waals surface area contributed by atoms with Gasteiger partial charge in [-0.2, -0.15) is 0 Å². The molecule has 0 saturated heterocycles. The maximum absolute atomic E-state index is 11.9. The summed E-state index contributed by atoms with van der Waals surface area (Å²) >= 11 is 5.74. The number of nitrogens with one attached hydrogen (secondary N) is 2. The van der Waals surface area contributed by atoms with Gasteiger partial charge in [-0.1, -0.05) is 41.9 Å². The minimum Gasteiger partial charge on any atom is -0.348 e. The first-order chi connectivity index (χ1) is 13.2. The number of nitro groups is 1. The van der Waals surface area contributed by atoms with Gasteiger partial charge in [0.25, 0.3) is 5.69 Å². The molecule has 28 heavy (non-hydrogen) atoms. The van der Waals surface area contributed by atoms with E-state index in [1.54, 1.807) is 30.3 Å². The lowest BCUT2D eigenvalue weighted by Crippen LogP contribution is -2.21. The van der Waals surface area contributed by atoms with Gasteiger partial charge in [0.05, 0.1) is 10.7 Å². The molecule has 2 rings (SSSR count). The summed E-state index contributed by atoms with van der Waals surface area (Å²) in [6, 6.07) is 11.1. The van der Waals surface area contributed by atoms with Crippen molar-refractivity contribution in [3.05, 3.63) is 80.4 Å². The van der Waals surface area contributed by atoms with Crippen LogP contribution in [0.25, 0.3) is 6.08 Å². The molecular weight excluding hydrogens is 406 g/mol. The number of hydrogen-bond donors (Lipinski definition) is 2. The maximum Gasteiger partial charge on any atom is 0.288 e. The fraction of sp³-hybridized carbons (Fsp3) is 0.167. The van der Waals surface area contributed by atoms with Crippen molar-refractivity contribution in [1.82, 2.24) is 10.0 Å². The van der Waals surface area contributed by atoms with Crippen molar-refractivity contribution in [3.63, 3.8) is 0 Å². The predicted octanol–water partition coefficient (Wildman–Crippen LogP) is 2.63. The molecule has 2 N–H and O–H groups in total. The second kappa shape index (κ2) is 9.45. The third-order valence-electron chi connectivity index (χ3n) is 3.75. The molecule has 0 aliphatic rings. The average Bonchev–Trinajstić information content (AvgIpc) is 2.66. The summed E-state index contributed by atoms with van der Waals surface area (Å²) in [4.78, 5) is 22.2. The Morgan fingerprint density at radius 1 is 1.18 bits per heavy atom. The van der Waals surface area contributed by atoms with E-state index in [2.05, 4.69) is 10.0 Å². The smallest absolute Gasteiger partial charge is 0.288 e. The Morgan fingerprint density at radius 2 is 1.82 bits per heavy atom. The van der Waals surface area contributed by atoms with Crippen molar-refractivity contribution < 1.29 is 18.1 Å². The van der Waals surface area contributed by atoms with Crippen LogP contribution in [0.1, 0.15) is 16.7 Å². The van der Waals surface area contributed by atoms with Crippen LogP contribution >= 0.6 is 11.6 Å². The first-order valence-electron chi connectivity index (χ1n) is 8.09. The zero-order chi connectivity index (χ0) is 20.7. The monoisotopic (exact) mass is 423 g/mol. The number of nitro benzene ring substituents is 1. The lowest BCUT2D eigenvalue weighted by Gasteiger charge is -2.06. The van der Waals surface area contributed by atoms with Crippen LogP contribution in [-0.2, 0) is 27.1 Å². The molecule has 0 unspecified atom stereocenters. The van der Waals surface area contributed by atoms with Crippen LogP contribution in [0, 0.1) is 10.1 Å². The normalized spacial score (nSPS) is 11.5. The lowest BCUT2D eigenvalue weighted by atomic mass is 10.1. The van der Waals surface area contributed by atoms with Crippen LogP contribution in [0.2, 0.25) is 5.02 Å². The number of rotatable bonds is 8. The summed E-state index contributed by atoms with van der Waals surface area (Å²) in [5.74, 6) is -0.494. The van der Waals surface area contributed by atoms with Gasteiger partial charge >= 0.3 is 0 Å². The molecule has 2 aromatic rings. The zero-order valence-corrected chi connectivity index (χ0v) is 16.5. The van der Waals surface area contributed by atoms with E-state index < -0.39 is 14.9 Å². The average molecular weight is 424 g/mol. The minimum atomic E-state index is -3.34. The molecule has 1 amide bonds. The highest BCUT2D eigenvalue weighted by molar-refractivity contribution is 7.88. The van der Waals surface area contributed by atoms with E-state index in [9.17, 15) is 23.3 Å². The van der Waals surface area contributed by atoms with Gasteiger partial charge in [0, 0.05) is 18.7 Å². The Morgan fingerprint density at radius 3 is 2.43 bits per heavy atom. The van der Waals surface area contributed by atoms with Crippen molar-refractivity contribution in [2.75, 3.05) is 7.05 Å². The van der Waals surface area contributed by atoms with E-state index in [1.807, 2.05) is 0 Å². The van der Waals surface area contributed by atoms with Gasteiger partial charge in [-0.25, -0.2) is 13.1 Å². The Bertz CT molecular complexity index is 1000. The lowest BCUT2D eigenvalue weighted by molar-refractivity contribution is -0.384. The number of nitrogens with zero attached hydrogens (tertiary/aromatic N) is 1. The molecule has 148 valence electrons. The number of amides is 1. The van der Waals surface area contributed by atoms with Crippen LogP contribution in [0.15, 0.2) is 48.5 Å². The largest absolute Gasteiger partial charge is 0.348 e. The Balaban J connectivity index is 1.93. The summed E-state index contributed by atoms with van der Waals surface area (Å²) < 4.78 is 25.3. The molecule has 10 heteroatoms. The summed E-state index contributed by atoms with van der Waals surface area (Å²) in [6.07, 6.45) is 2.71. The highest BCUT2D eigenvalue weighted by Gasteiger charge is 2.12. The highest BCUT2D eigenvalue weighted by Crippen LogP contribution is 2.25. The second-order valence-corrected chi connectivity index (χ2v) is 8.13. The van der Waals surface area contributed by atoms with Gasteiger partial charge in [0.1, 0.15) is 5.02 Å². The molecule has 0 atom stereocenters. The van der Waals surface area contributed by atoms with E-state index in [0.717, 1.165) is 5.56 Å². The maximum atomic E-state index is 11.9. The first-order valence-corrected chi connectivity index (χ1v) is 10.1. The molecular formula is C18H18ClN3O5S. The van der Waals surface area contributed by atoms with Crippen molar-refractivity contribution in [1.29, 1.82) is 0 Å². The SMILES string of the molecule is CNS(=O)(=O)Cc1ccc(CNC(=O)/C=C/c2ccc(Cl)c([N+](=O)[O-])c2)cc1. The molecule has 0 heterocycles. The van der Waals surface area contributed by atoms with E-state index in [1.165, 1.54) is 31.3 Å². The topological polar surface area (TPSA) is 118 Å². The van der Waals surface area contributed by atoms with Gasteiger partial charge in [0.2, 0.25) is 15.9 Å². The Labute approximate surface area is 167 Å². The zero-order valence-electron chi connectivity index (χ0n) is 14.9. The highest BCUT2D eigenvalue weighted by atomic mass is 35.5. The van der Waals surface area contributed by atoms with Crippen LogP contribution in [0.5, 0.6) is 0 Å². The van der Waals surface area contributed by atoms with E-state index in [-0.39, 0.29) is 28.9 Å². The number of hydrogen-bond acceptors (Lipinski definition) is 5. The Kier molecular flexibility index (Phi) is 7.27. The van der Waals surface area contributed by atoms with Crippen LogP contribution < -0.4 is 10.0 Å². The summed E-state index contributed by atoms with van der Waals surface area (Å²) in [5.41, 5.74) is 1.68. The van der Waals surface area contributed by atoms with Crippen molar-refractivity contribution in [2.45, 2.75) is 12.3 Å². The quantitative estimate of drug-likeness (QED) is 0.384. The second-order valence-electron chi connectivity index (χ2n) is 5.80. The standard InChI is InChI=1S/C18H18ClN3O5S/c1-20-28(26,27)12-15-4-2-14(3-5-15)11-21-18(23)9-7-13-6-8-16(19)17(10-13)22(24)25/h2-10,20H,11-12H2,1H3,(H,21,23)/b9-7+. The van der Waals surface area contributed by atoms with Crippen molar-refractivity contribution in [3.8, 4) is 0 Å². The van der Waals surface area contributed by atoms with Crippen LogP contribution in [0.4, 0.5) is 5.69 Å². The van der Waals surface area contributed by atoms with Gasteiger partial charge in [-0.15, -0.1) is 0 Å². The van der Waals surface area contributed by atoms with Crippen molar-refractivity contribution >= 4 is 39.3 Å². The molecule has 0 spiro atoms. The summed E-state index contributed by atoms with van der Waals surface area (Å²) in [5, 5.41) is 13.6. The number of sulfonamides is 1. The molecule has 0 fully saturated rings. The van der Waals surface area contributed by atoms with Gasteiger partial charge in [-0.05, 0) is 35.9 Å². The fourth-order valence-corrected chi connectivity index (χ4v) is 3.20. The van der Waals surface area contributed by atoms with Gasteiger partial charge in [-0.3, -0.25) is 14.9 Å². The number of benzene rings is 2. The number of carbonyl (C=O) groups is 1. The predicted molar refractivity (Wildman–Crippen MR) is 107 cm³/mol. The number of halogens is 1. The third kappa shape index (κ3) is 6.45. The van der Waals surface area contributed by atoms with Crippen LogP contribution in [-0.4, -0.2) is 26.3 Å². The van der Waals surface area contributed by atoms with E-state index in [4.69, 9.17) is 11.6 Å². The first kappa shape index (κ1) is 21.5. The minimum absolute atomic E-state index is 0.0255. The molecule has 0 aromatic heterocycles. The molecule has 0 radical (unpaired) electrons. The molecule has 8 nitrogen and oxygen atoms in total. The molecule has 0 saturated carbocycles. The Hall–Kier alpha value is -2.75.